The third kappa shape index (κ3) is 4.63. The van der Waals surface area contributed by atoms with Gasteiger partial charge in [-0.15, -0.1) is 0 Å². The summed E-state index contributed by atoms with van der Waals surface area (Å²) in [7, 11) is -3.92. The number of sulfonamides is 1. The maximum Gasteiger partial charge on any atom is 0.240 e. The van der Waals surface area contributed by atoms with E-state index in [-0.39, 0.29) is 27.8 Å². The van der Waals surface area contributed by atoms with E-state index in [1.807, 2.05) is 6.07 Å². The molecule has 0 spiro atoms. The fraction of sp³-hybridized carbons (Fsp3) is 0.333. The fourth-order valence-electron chi connectivity index (χ4n) is 3.46. The summed E-state index contributed by atoms with van der Waals surface area (Å²) in [6, 6.07) is 9.50. The zero-order valence-electron chi connectivity index (χ0n) is 15.8. The third-order valence-electron chi connectivity index (χ3n) is 5.18. The highest BCUT2D eigenvalue weighted by Crippen LogP contribution is 2.31. The SMILES string of the molecule is [C-]#[N+]c1ccc(-c2ccc(S(=O)(=O)NC3CCC(C)(O)CC3)cc2F)c(C#N)c1. The van der Waals surface area contributed by atoms with Crippen molar-refractivity contribution >= 4 is 15.7 Å². The van der Waals surface area contributed by atoms with Crippen LogP contribution in [0, 0.1) is 23.7 Å². The first-order chi connectivity index (χ1) is 13.6. The summed E-state index contributed by atoms with van der Waals surface area (Å²) < 4.78 is 42.6. The lowest BCUT2D eigenvalue weighted by atomic mass is 9.84. The molecule has 0 aromatic heterocycles. The van der Waals surface area contributed by atoms with Crippen molar-refractivity contribution < 1.29 is 17.9 Å². The van der Waals surface area contributed by atoms with Crippen LogP contribution in [0.4, 0.5) is 10.1 Å². The lowest BCUT2D eigenvalue weighted by Crippen LogP contribution is -2.42. The zero-order valence-corrected chi connectivity index (χ0v) is 16.6. The summed E-state index contributed by atoms with van der Waals surface area (Å²) in [4.78, 5) is 3.05. The number of halogens is 1. The van der Waals surface area contributed by atoms with E-state index in [1.165, 1.54) is 30.3 Å². The first-order valence-electron chi connectivity index (χ1n) is 9.11. The van der Waals surface area contributed by atoms with E-state index in [1.54, 1.807) is 6.92 Å². The number of nitrogens with zero attached hydrogens (tertiary/aromatic N) is 2. The number of hydrogen-bond acceptors (Lipinski definition) is 4. The van der Waals surface area contributed by atoms with E-state index in [0.717, 1.165) is 6.07 Å². The molecule has 3 rings (SSSR count). The molecule has 0 amide bonds. The highest BCUT2D eigenvalue weighted by molar-refractivity contribution is 7.89. The van der Waals surface area contributed by atoms with Crippen molar-refractivity contribution in [3.05, 3.63) is 59.2 Å². The predicted molar refractivity (Wildman–Crippen MR) is 106 cm³/mol. The molecule has 8 heteroatoms. The highest BCUT2D eigenvalue weighted by Gasteiger charge is 2.31. The molecule has 0 bridgehead atoms. The van der Waals surface area contributed by atoms with E-state index < -0.39 is 21.4 Å². The summed E-state index contributed by atoms with van der Waals surface area (Å²) in [6.07, 6.45) is 1.99. The molecule has 0 heterocycles. The molecule has 1 aliphatic rings. The number of benzene rings is 2. The second kappa shape index (κ2) is 7.92. The van der Waals surface area contributed by atoms with Gasteiger partial charge in [-0.2, -0.15) is 5.26 Å². The first kappa shape index (κ1) is 20.9. The molecule has 0 atom stereocenters. The maximum absolute atomic E-state index is 14.8. The molecule has 2 aromatic rings. The van der Waals surface area contributed by atoms with Gasteiger partial charge in [0, 0.05) is 17.2 Å². The molecule has 2 aromatic carbocycles. The van der Waals surface area contributed by atoms with Crippen molar-refractivity contribution in [2.45, 2.75) is 49.1 Å². The lowest BCUT2D eigenvalue weighted by molar-refractivity contribution is 0.0163. The van der Waals surface area contributed by atoms with Crippen LogP contribution < -0.4 is 4.72 Å². The summed E-state index contributed by atoms with van der Waals surface area (Å²) in [5.41, 5.74) is 0.00670. The van der Waals surface area contributed by atoms with Crippen LogP contribution in [0.15, 0.2) is 41.3 Å². The van der Waals surface area contributed by atoms with E-state index in [4.69, 9.17) is 6.57 Å². The summed E-state index contributed by atoms with van der Waals surface area (Å²) in [5, 5.41) is 19.3. The van der Waals surface area contributed by atoms with Gasteiger partial charge in [-0.25, -0.2) is 22.4 Å². The summed E-state index contributed by atoms with van der Waals surface area (Å²) >= 11 is 0. The predicted octanol–water partition coefficient (Wildman–Crippen LogP) is 3.89. The molecule has 1 saturated carbocycles. The highest BCUT2D eigenvalue weighted by atomic mass is 32.2. The second-order valence-corrected chi connectivity index (χ2v) is 9.20. The van der Waals surface area contributed by atoms with Crippen molar-refractivity contribution in [3.63, 3.8) is 0 Å². The third-order valence-corrected chi connectivity index (χ3v) is 6.70. The number of hydrogen-bond donors (Lipinski definition) is 2. The molecule has 1 fully saturated rings. The van der Waals surface area contributed by atoms with Crippen LogP contribution in [0.2, 0.25) is 0 Å². The van der Waals surface area contributed by atoms with Gasteiger partial charge in [0.2, 0.25) is 10.0 Å². The van der Waals surface area contributed by atoms with Crippen molar-refractivity contribution in [2.24, 2.45) is 0 Å². The Morgan fingerprint density at radius 3 is 2.48 bits per heavy atom. The second-order valence-electron chi connectivity index (χ2n) is 7.49. The molecule has 0 saturated heterocycles. The number of nitrogens with one attached hydrogen (secondary N) is 1. The molecule has 1 aliphatic carbocycles. The quantitative estimate of drug-likeness (QED) is 0.744. The van der Waals surface area contributed by atoms with Crippen molar-refractivity contribution in [3.8, 4) is 17.2 Å². The van der Waals surface area contributed by atoms with Gasteiger partial charge in [-0.3, -0.25) is 0 Å². The Bertz CT molecular complexity index is 1120. The van der Waals surface area contributed by atoms with Crippen LogP contribution in [-0.4, -0.2) is 25.2 Å². The van der Waals surface area contributed by atoms with Gasteiger partial charge >= 0.3 is 0 Å². The Kier molecular flexibility index (Phi) is 5.72. The Morgan fingerprint density at radius 2 is 1.90 bits per heavy atom. The van der Waals surface area contributed by atoms with Crippen molar-refractivity contribution in [1.29, 1.82) is 5.26 Å². The van der Waals surface area contributed by atoms with E-state index in [9.17, 15) is 23.2 Å². The van der Waals surface area contributed by atoms with E-state index in [2.05, 4.69) is 9.57 Å². The van der Waals surface area contributed by atoms with Gasteiger partial charge in [0.15, 0.2) is 5.69 Å². The van der Waals surface area contributed by atoms with Crippen molar-refractivity contribution in [1.82, 2.24) is 4.72 Å². The number of nitriles is 1. The largest absolute Gasteiger partial charge is 0.390 e. The number of aliphatic hydroxyl groups is 1. The molecule has 0 aliphatic heterocycles. The molecule has 0 unspecified atom stereocenters. The van der Waals surface area contributed by atoms with Gasteiger partial charge in [0.05, 0.1) is 23.1 Å². The van der Waals surface area contributed by atoms with Gasteiger partial charge < -0.3 is 5.11 Å². The molecule has 2 N–H and O–H groups in total. The Labute approximate surface area is 169 Å². The molecule has 150 valence electrons. The van der Waals surface area contributed by atoms with Crippen LogP contribution in [-0.2, 0) is 10.0 Å². The molecule has 29 heavy (non-hydrogen) atoms. The van der Waals surface area contributed by atoms with Gasteiger partial charge in [0.1, 0.15) is 5.82 Å². The van der Waals surface area contributed by atoms with Crippen LogP contribution in [0.25, 0.3) is 16.0 Å². The summed E-state index contributed by atoms with van der Waals surface area (Å²) in [6.45, 7) is 8.74. The summed E-state index contributed by atoms with van der Waals surface area (Å²) in [5.74, 6) is -0.772. The molecule has 6 nitrogen and oxygen atoms in total. The first-order valence-corrected chi connectivity index (χ1v) is 10.6. The van der Waals surface area contributed by atoms with Gasteiger partial charge in [-0.1, -0.05) is 18.2 Å². The Hall–Kier alpha value is -2.78. The smallest absolute Gasteiger partial charge is 0.240 e. The van der Waals surface area contributed by atoms with E-state index in [0.29, 0.717) is 31.2 Å². The monoisotopic (exact) mass is 413 g/mol. The minimum absolute atomic E-state index is 0.0887. The fourth-order valence-corrected chi connectivity index (χ4v) is 4.77. The molecular formula is C21H20FN3O3S. The zero-order chi connectivity index (χ0) is 21.2. The Morgan fingerprint density at radius 1 is 1.24 bits per heavy atom. The van der Waals surface area contributed by atoms with Crippen LogP contribution in [0.1, 0.15) is 38.2 Å². The van der Waals surface area contributed by atoms with Crippen molar-refractivity contribution in [2.75, 3.05) is 0 Å². The topological polar surface area (TPSA) is 94.6 Å². The minimum atomic E-state index is -3.92. The Balaban J connectivity index is 1.86. The average Bonchev–Trinajstić information content (AvgIpc) is 2.69. The minimum Gasteiger partial charge on any atom is -0.390 e. The molecule has 0 radical (unpaired) electrons. The average molecular weight is 413 g/mol. The van der Waals surface area contributed by atoms with Crippen LogP contribution >= 0.6 is 0 Å². The van der Waals surface area contributed by atoms with Crippen LogP contribution in [0.3, 0.4) is 0 Å². The maximum atomic E-state index is 14.8. The van der Waals surface area contributed by atoms with Gasteiger partial charge in [0.25, 0.3) is 0 Å². The standard InChI is InChI=1S/C21H20FN3O3S/c1-21(26)9-7-15(8-10-21)25-29(27,28)17-4-6-19(20(22)12-17)18-5-3-16(24-2)11-14(18)13-23/h3-6,11-12,15,25-26H,7-10H2,1H3. The molecular weight excluding hydrogens is 393 g/mol. The lowest BCUT2D eigenvalue weighted by Gasteiger charge is -2.33. The van der Waals surface area contributed by atoms with Crippen LogP contribution in [0.5, 0.6) is 0 Å². The van der Waals surface area contributed by atoms with Gasteiger partial charge in [-0.05, 0) is 56.4 Å². The van der Waals surface area contributed by atoms with E-state index >= 15 is 0 Å². The normalized spacial score (nSPS) is 21.9. The number of rotatable bonds is 4.